The Labute approximate surface area is 122 Å². The Hall–Kier alpha value is -1.69. The summed E-state index contributed by atoms with van der Waals surface area (Å²) in [5.41, 5.74) is 0. The molecule has 6 heteroatoms. The van der Waals surface area contributed by atoms with E-state index in [4.69, 9.17) is 4.74 Å². The van der Waals surface area contributed by atoms with E-state index in [9.17, 15) is 13.6 Å². The number of fused-ring (bicyclic) bond motifs is 2. The Morgan fingerprint density at radius 2 is 2.10 bits per heavy atom. The zero-order valence-corrected chi connectivity index (χ0v) is 11.6. The Morgan fingerprint density at radius 3 is 2.90 bits per heavy atom. The summed E-state index contributed by atoms with van der Waals surface area (Å²) in [6.07, 6.45) is 2.95. The molecule has 0 saturated carbocycles. The fourth-order valence-electron chi connectivity index (χ4n) is 3.20. The van der Waals surface area contributed by atoms with E-state index in [1.165, 1.54) is 6.07 Å². The van der Waals surface area contributed by atoms with Gasteiger partial charge in [-0.2, -0.15) is 0 Å². The summed E-state index contributed by atoms with van der Waals surface area (Å²) in [5.74, 6) is -1.67. The molecule has 1 aromatic carbocycles. The number of nitrogens with one attached hydrogen (secondary N) is 1. The van der Waals surface area contributed by atoms with Crippen molar-refractivity contribution in [2.45, 2.75) is 31.3 Å². The molecule has 0 aliphatic carbocycles. The highest BCUT2D eigenvalue weighted by Gasteiger charge is 2.37. The largest absolute Gasteiger partial charge is 0.481 e. The van der Waals surface area contributed by atoms with Crippen LogP contribution < -0.4 is 10.1 Å². The van der Waals surface area contributed by atoms with E-state index < -0.39 is 11.6 Å². The highest BCUT2D eigenvalue weighted by Crippen LogP contribution is 2.28. The fraction of sp³-hybridized carbons (Fsp3) is 0.533. The molecule has 2 bridgehead atoms. The molecular formula is C15H18F2N2O2. The topological polar surface area (TPSA) is 41.6 Å². The lowest BCUT2D eigenvalue weighted by Gasteiger charge is -2.27. The molecule has 1 N–H and O–H groups in total. The molecule has 0 spiro atoms. The van der Waals surface area contributed by atoms with E-state index >= 15 is 0 Å². The van der Waals surface area contributed by atoms with Crippen LogP contribution in [-0.2, 0) is 4.79 Å². The smallest absolute Gasteiger partial charge is 0.261 e. The molecule has 2 fully saturated rings. The number of halogens is 2. The van der Waals surface area contributed by atoms with Gasteiger partial charge in [0.1, 0.15) is 5.82 Å². The van der Waals surface area contributed by atoms with E-state index in [0.29, 0.717) is 0 Å². The lowest BCUT2D eigenvalue weighted by Crippen LogP contribution is -2.44. The van der Waals surface area contributed by atoms with Crippen molar-refractivity contribution >= 4 is 5.91 Å². The van der Waals surface area contributed by atoms with Crippen molar-refractivity contribution in [1.29, 1.82) is 0 Å². The van der Waals surface area contributed by atoms with Crippen molar-refractivity contribution < 1.29 is 18.3 Å². The first-order valence-electron chi connectivity index (χ1n) is 7.25. The SMILES string of the molecule is O=C(COc1ccc(F)cc1F)N1C2CCNCC1CC2. The number of benzene rings is 1. The van der Waals surface area contributed by atoms with Gasteiger partial charge < -0.3 is 15.0 Å². The molecule has 0 aromatic heterocycles. The standard InChI is InChI=1S/C15H18F2N2O2/c16-10-1-4-14(13(17)7-10)21-9-15(20)19-11-2-3-12(19)8-18-6-5-11/h1,4,7,11-12,18H,2-3,5-6,8-9H2. The summed E-state index contributed by atoms with van der Waals surface area (Å²) in [6.45, 7) is 1.50. The van der Waals surface area contributed by atoms with Crippen molar-refractivity contribution in [2.24, 2.45) is 0 Å². The minimum Gasteiger partial charge on any atom is -0.481 e. The average Bonchev–Trinajstić information content (AvgIpc) is 2.71. The number of hydrogen-bond acceptors (Lipinski definition) is 3. The van der Waals surface area contributed by atoms with Gasteiger partial charge in [-0.1, -0.05) is 0 Å². The van der Waals surface area contributed by atoms with Crippen LogP contribution in [0.2, 0.25) is 0 Å². The normalized spacial score (nSPS) is 24.8. The van der Waals surface area contributed by atoms with Gasteiger partial charge in [0, 0.05) is 24.7 Å². The Bertz CT molecular complexity index is 524. The number of nitrogens with zero attached hydrogens (tertiary/aromatic N) is 1. The zero-order valence-electron chi connectivity index (χ0n) is 11.6. The van der Waals surface area contributed by atoms with Crippen LogP contribution in [0.3, 0.4) is 0 Å². The van der Waals surface area contributed by atoms with E-state index in [0.717, 1.165) is 44.5 Å². The molecule has 1 amide bonds. The molecule has 114 valence electrons. The molecule has 0 radical (unpaired) electrons. The summed E-state index contributed by atoms with van der Waals surface area (Å²) < 4.78 is 31.5. The molecule has 2 saturated heterocycles. The van der Waals surface area contributed by atoms with Crippen molar-refractivity contribution in [3.8, 4) is 5.75 Å². The van der Waals surface area contributed by atoms with Gasteiger partial charge in [-0.15, -0.1) is 0 Å². The van der Waals surface area contributed by atoms with E-state index in [1.807, 2.05) is 4.90 Å². The van der Waals surface area contributed by atoms with Crippen molar-refractivity contribution in [3.05, 3.63) is 29.8 Å². The van der Waals surface area contributed by atoms with Crippen LogP contribution in [0.25, 0.3) is 0 Å². The summed E-state index contributed by atoms with van der Waals surface area (Å²) in [4.78, 5) is 14.2. The minimum absolute atomic E-state index is 0.0926. The van der Waals surface area contributed by atoms with Crippen LogP contribution in [0.5, 0.6) is 5.75 Å². The van der Waals surface area contributed by atoms with Crippen LogP contribution in [0.15, 0.2) is 18.2 Å². The fourth-order valence-corrected chi connectivity index (χ4v) is 3.20. The second-order valence-corrected chi connectivity index (χ2v) is 5.54. The minimum atomic E-state index is -0.789. The second kappa shape index (κ2) is 5.97. The molecule has 21 heavy (non-hydrogen) atoms. The first-order chi connectivity index (χ1) is 10.1. The zero-order chi connectivity index (χ0) is 14.8. The monoisotopic (exact) mass is 296 g/mol. The first-order valence-corrected chi connectivity index (χ1v) is 7.25. The summed E-state index contributed by atoms with van der Waals surface area (Å²) in [6, 6.07) is 3.52. The van der Waals surface area contributed by atoms with E-state index in [1.54, 1.807) is 0 Å². The van der Waals surface area contributed by atoms with Gasteiger partial charge in [0.05, 0.1) is 0 Å². The second-order valence-electron chi connectivity index (χ2n) is 5.54. The van der Waals surface area contributed by atoms with Crippen LogP contribution in [0.1, 0.15) is 19.3 Å². The predicted octanol–water partition coefficient (Wildman–Crippen LogP) is 1.70. The van der Waals surface area contributed by atoms with Crippen molar-refractivity contribution in [2.75, 3.05) is 19.7 Å². The number of ether oxygens (including phenoxy) is 1. The van der Waals surface area contributed by atoms with Gasteiger partial charge in [0.25, 0.3) is 5.91 Å². The number of carbonyl (C=O) groups excluding carboxylic acids is 1. The Kier molecular flexibility index (Phi) is 4.05. The summed E-state index contributed by atoms with van der Waals surface area (Å²) >= 11 is 0. The van der Waals surface area contributed by atoms with Gasteiger partial charge in [-0.05, 0) is 37.9 Å². The number of hydrogen-bond donors (Lipinski definition) is 1. The van der Waals surface area contributed by atoms with E-state index in [2.05, 4.69) is 5.32 Å². The molecule has 3 rings (SSSR count). The molecule has 2 atom stereocenters. The maximum atomic E-state index is 13.5. The third-order valence-electron chi connectivity index (χ3n) is 4.19. The van der Waals surface area contributed by atoms with Crippen molar-refractivity contribution in [1.82, 2.24) is 10.2 Å². The summed E-state index contributed by atoms with van der Waals surface area (Å²) in [7, 11) is 0. The number of amides is 1. The third kappa shape index (κ3) is 3.00. The molecule has 1 aromatic rings. The van der Waals surface area contributed by atoms with Gasteiger partial charge in [0.15, 0.2) is 18.2 Å². The average molecular weight is 296 g/mol. The van der Waals surface area contributed by atoms with Gasteiger partial charge >= 0.3 is 0 Å². The maximum absolute atomic E-state index is 13.5. The molecule has 2 aliphatic heterocycles. The first kappa shape index (κ1) is 14.3. The highest BCUT2D eigenvalue weighted by molar-refractivity contribution is 5.79. The number of carbonyl (C=O) groups is 1. The summed E-state index contributed by atoms with van der Waals surface area (Å²) in [5, 5.41) is 3.32. The Balaban J connectivity index is 1.63. The molecular weight excluding hydrogens is 278 g/mol. The van der Waals surface area contributed by atoms with E-state index in [-0.39, 0.29) is 30.3 Å². The maximum Gasteiger partial charge on any atom is 0.261 e. The highest BCUT2D eigenvalue weighted by atomic mass is 19.1. The third-order valence-corrected chi connectivity index (χ3v) is 4.19. The molecule has 2 unspecified atom stereocenters. The molecule has 2 aliphatic rings. The van der Waals surface area contributed by atoms with Gasteiger partial charge in [-0.3, -0.25) is 4.79 Å². The van der Waals surface area contributed by atoms with Crippen LogP contribution >= 0.6 is 0 Å². The van der Waals surface area contributed by atoms with Crippen molar-refractivity contribution in [3.63, 3.8) is 0 Å². The van der Waals surface area contributed by atoms with Gasteiger partial charge in [0.2, 0.25) is 0 Å². The molecule has 2 heterocycles. The lowest BCUT2D eigenvalue weighted by molar-refractivity contribution is -0.136. The van der Waals surface area contributed by atoms with Crippen LogP contribution in [-0.4, -0.2) is 42.6 Å². The predicted molar refractivity (Wildman–Crippen MR) is 73.0 cm³/mol. The molecule has 4 nitrogen and oxygen atoms in total. The van der Waals surface area contributed by atoms with Gasteiger partial charge in [-0.25, -0.2) is 8.78 Å². The number of rotatable bonds is 3. The van der Waals surface area contributed by atoms with Crippen LogP contribution in [0.4, 0.5) is 8.78 Å². The van der Waals surface area contributed by atoms with Crippen LogP contribution in [0, 0.1) is 11.6 Å². The quantitative estimate of drug-likeness (QED) is 0.923. The Morgan fingerprint density at radius 1 is 1.29 bits per heavy atom. The lowest BCUT2D eigenvalue weighted by atomic mass is 10.1.